The first kappa shape index (κ1) is 18.0. The van der Waals surface area contributed by atoms with Gasteiger partial charge in [-0.25, -0.2) is 0 Å². The third-order valence-electron chi connectivity index (χ3n) is 3.80. The minimum Gasteiger partial charge on any atom is -0.314 e. The molecular weight excluding hydrogens is 286 g/mol. The number of rotatable bonds is 4. The molecule has 1 heterocycles. The Kier molecular flexibility index (Phi) is 7.15. The normalized spacial score (nSPS) is 19.1. The summed E-state index contributed by atoms with van der Waals surface area (Å²) in [6.45, 7) is 9.65. The molecule has 1 aromatic rings. The second-order valence-corrected chi connectivity index (χ2v) is 5.72. The van der Waals surface area contributed by atoms with Gasteiger partial charge in [-0.2, -0.15) is 0 Å². The number of hydrogen-bond donors (Lipinski definition) is 1. The quantitative estimate of drug-likeness (QED) is 0.925. The monoisotopic (exact) mass is 311 g/mol. The van der Waals surface area contributed by atoms with Crippen molar-refractivity contribution in [1.29, 1.82) is 0 Å². The van der Waals surface area contributed by atoms with E-state index < -0.39 is 0 Å². The molecule has 2 rings (SSSR count). The topological polar surface area (TPSA) is 35.6 Å². The number of anilines is 1. The van der Waals surface area contributed by atoms with Gasteiger partial charge in [-0.3, -0.25) is 9.69 Å². The van der Waals surface area contributed by atoms with E-state index in [0.717, 1.165) is 25.3 Å². The van der Waals surface area contributed by atoms with Crippen molar-refractivity contribution in [2.75, 3.05) is 31.1 Å². The van der Waals surface area contributed by atoms with E-state index in [-0.39, 0.29) is 24.4 Å². The number of halogens is 1. The molecule has 118 valence electrons. The van der Waals surface area contributed by atoms with E-state index in [2.05, 4.69) is 31.0 Å². The standard InChI is InChI=1S/C16H25N3O.ClH/c1-13(2)19(15-7-5-4-6-8-15)16(20)12-18-10-9-17-11-14(18)3;/h4-8,13-14,17H,9-12H2,1-3H3;1H/t14-;/m0./s1. The maximum Gasteiger partial charge on any atom is 0.241 e. The molecule has 0 radical (unpaired) electrons. The fraction of sp³-hybridized carbons (Fsp3) is 0.562. The van der Waals surface area contributed by atoms with Crippen molar-refractivity contribution < 1.29 is 4.79 Å². The predicted molar refractivity (Wildman–Crippen MR) is 90.2 cm³/mol. The summed E-state index contributed by atoms with van der Waals surface area (Å²) in [5.74, 6) is 0.181. The molecule has 0 aliphatic carbocycles. The summed E-state index contributed by atoms with van der Waals surface area (Å²) in [5, 5.41) is 3.35. The van der Waals surface area contributed by atoms with Crippen molar-refractivity contribution in [2.24, 2.45) is 0 Å². The van der Waals surface area contributed by atoms with Crippen molar-refractivity contribution in [3.63, 3.8) is 0 Å². The van der Waals surface area contributed by atoms with Crippen molar-refractivity contribution in [2.45, 2.75) is 32.9 Å². The second kappa shape index (κ2) is 8.37. The Morgan fingerprint density at radius 3 is 2.62 bits per heavy atom. The molecule has 0 bridgehead atoms. The highest BCUT2D eigenvalue weighted by molar-refractivity contribution is 5.95. The molecular formula is C16H26ClN3O. The van der Waals surface area contributed by atoms with Gasteiger partial charge >= 0.3 is 0 Å². The van der Waals surface area contributed by atoms with Crippen molar-refractivity contribution in [3.05, 3.63) is 30.3 Å². The van der Waals surface area contributed by atoms with Gasteiger partial charge in [0.15, 0.2) is 0 Å². The Labute approximate surface area is 133 Å². The van der Waals surface area contributed by atoms with E-state index >= 15 is 0 Å². The molecule has 0 spiro atoms. The molecule has 1 N–H and O–H groups in total. The maximum atomic E-state index is 12.7. The smallest absolute Gasteiger partial charge is 0.241 e. The first-order chi connectivity index (χ1) is 9.59. The van der Waals surface area contributed by atoms with Gasteiger partial charge in [0.2, 0.25) is 5.91 Å². The Hall–Kier alpha value is -1.10. The number of nitrogens with one attached hydrogen (secondary N) is 1. The number of benzene rings is 1. The van der Waals surface area contributed by atoms with Crippen LogP contribution in [-0.2, 0) is 4.79 Å². The Balaban J connectivity index is 0.00000220. The summed E-state index contributed by atoms with van der Waals surface area (Å²) in [4.78, 5) is 16.8. The van der Waals surface area contributed by atoms with Crippen LogP contribution in [0, 0.1) is 0 Å². The molecule has 0 unspecified atom stereocenters. The third kappa shape index (κ3) is 4.70. The van der Waals surface area contributed by atoms with Crippen LogP contribution in [0.15, 0.2) is 30.3 Å². The number of nitrogens with zero attached hydrogens (tertiary/aromatic N) is 2. The van der Waals surface area contributed by atoms with Crippen molar-refractivity contribution >= 4 is 24.0 Å². The van der Waals surface area contributed by atoms with Gasteiger partial charge in [-0.15, -0.1) is 12.4 Å². The third-order valence-corrected chi connectivity index (χ3v) is 3.80. The zero-order valence-corrected chi connectivity index (χ0v) is 13.9. The Bertz CT molecular complexity index is 438. The number of piperazine rings is 1. The molecule has 5 heteroatoms. The average molecular weight is 312 g/mol. The molecule has 1 saturated heterocycles. The van der Waals surface area contributed by atoms with Crippen LogP contribution in [0.2, 0.25) is 0 Å². The zero-order valence-electron chi connectivity index (χ0n) is 13.1. The number of para-hydroxylation sites is 1. The lowest BCUT2D eigenvalue weighted by atomic mass is 10.2. The minimum atomic E-state index is 0. The van der Waals surface area contributed by atoms with Gasteiger partial charge in [0.25, 0.3) is 0 Å². The molecule has 1 atom stereocenters. The number of carbonyl (C=O) groups excluding carboxylic acids is 1. The summed E-state index contributed by atoms with van der Waals surface area (Å²) in [5.41, 5.74) is 0.982. The zero-order chi connectivity index (χ0) is 14.5. The SMILES string of the molecule is CC(C)N(C(=O)CN1CCNC[C@@H]1C)c1ccccc1.Cl. The Morgan fingerprint density at radius 2 is 2.05 bits per heavy atom. The molecule has 1 amide bonds. The van der Waals surface area contributed by atoms with Crippen LogP contribution in [-0.4, -0.2) is 49.1 Å². The fourth-order valence-electron chi connectivity index (χ4n) is 2.69. The summed E-state index contributed by atoms with van der Waals surface area (Å²) >= 11 is 0. The molecule has 1 fully saturated rings. The molecule has 21 heavy (non-hydrogen) atoms. The molecule has 4 nitrogen and oxygen atoms in total. The summed E-state index contributed by atoms with van der Waals surface area (Å²) in [6.07, 6.45) is 0. The molecule has 1 aliphatic rings. The highest BCUT2D eigenvalue weighted by Gasteiger charge is 2.25. The van der Waals surface area contributed by atoms with Crippen LogP contribution in [0.5, 0.6) is 0 Å². The highest BCUT2D eigenvalue weighted by atomic mass is 35.5. The van der Waals surface area contributed by atoms with Crippen LogP contribution in [0.25, 0.3) is 0 Å². The predicted octanol–water partition coefficient (Wildman–Crippen LogP) is 2.14. The van der Waals surface area contributed by atoms with Crippen LogP contribution < -0.4 is 10.2 Å². The van der Waals surface area contributed by atoms with Crippen LogP contribution >= 0.6 is 12.4 Å². The Morgan fingerprint density at radius 1 is 1.38 bits per heavy atom. The van der Waals surface area contributed by atoms with Crippen LogP contribution in [0.1, 0.15) is 20.8 Å². The van der Waals surface area contributed by atoms with E-state index in [1.807, 2.05) is 35.2 Å². The lowest BCUT2D eigenvalue weighted by Crippen LogP contribution is -2.54. The lowest BCUT2D eigenvalue weighted by Gasteiger charge is -2.36. The molecule has 0 aromatic heterocycles. The van der Waals surface area contributed by atoms with E-state index in [9.17, 15) is 4.79 Å². The molecule has 1 aliphatic heterocycles. The summed E-state index contributed by atoms with van der Waals surface area (Å²) in [6, 6.07) is 10.5. The van der Waals surface area contributed by atoms with E-state index in [1.165, 1.54) is 0 Å². The minimum absolute atomic E-state index is 0. The molecule has 1 aromatic carbocycles. The van der Waals surface area contributed by atoms with Gasteiger partial charge in [0.1, 0.15) is 0 Å². The summed E-state index contributed by atoms with van der Waals surface area (Å²) in [7, 11) is 0. The van der Waals surface area contributed by atoms with Crippen LogP contribution in [0.3, 0.4) is 0 Å². The van der Waals surface area contributed by atoms with Crippen LogP contribution in [0.4, 0.5) is 5.69 Å². The van der Waals surface area contributed by atoms with E-state index in [4.69, 9.17) is 0 Å². The van der Waals surface area contributed by atoms with Gasteiger partial charge in [0.05, 0.1) is 6.54 Å². The first-order valence-electron chi connectivity index (χ1n) is 7.41. The van der Waals surface area contributed by atoms with E-state index in [0.29, 0.717) is 12.6 Å². The van der Waals surface area contributed by atoms with Gasteiger partial charge in [-0.1, -0.05) is 18.2 Å². The maximum absolute atomic E-state index is 12.7. The summed E-state index contributed by atoms with van der Waals surface area (Å²) < 4.78 is 0. The second-order valence-electron chi connectivity index (χ2n) is 5.72. The largest absolute Gasteiger partial charge is 0.314 e. The first-order valence-corrected chi connectivity index (χ1v) is 7.41. The van der Waals surface area contributed by atoms with Gasteiger partial charge in [0, 0.05) is 37.4 Å². The average Bonchev–Trinajstić information content (AvgIpc) is 2.42. The number of hydrogen-bond acceptors (Lipinski definition) is 3. The highest BCUT2D eigenvalue weighted by Crippen LogP contribution is 2.17. The number of carbonyl (C=O) groups is 1. The van der Waals surface area contributed by atoms with Crippen molar-refractivity contribution in [1.82, 2.24) is 10.2 Å². The number of amides is 1. The van der Waals surface area contributed by atoms with Gasteiger partial charge in [-0.05, 0) is 32.9 Å². The fourth-order valence-corrected chi connectivity index (χ4v) is 2.69. The molecule has 0 saturated carbocycles. The van der Waals surface area contributed by atoms with Gasteiger partial charge < -0.3 is 10.2 Å². The lowest BCUT2D eigenvalue weighted by molar-refractivity contribution is -0.120. The van der Waals surface area contributed by atoms with E-state index in [1.54, 1.807) is 0 Å². The van der Waals surface area contributed by atoms with Crippen molar-refractivity contribution in [3.8, 4) is 0 Å².